The van der Waals surface area contributed by atoms with E-state index in [0.717, 1.165) is 12.1 Å². The molecule has 0 aliphatic carbocycles. The van der Waals surface area contributed by atoms with E-state index in [1.807, 2.05) is 24.3 Å². The third-order valence-electron chi connectivity index (χ3n) is 2.40. The zero-order valence-electron chi connectivity index (χ0n) is 8.96. The van der Waals surface area contributed by atoms with Crippen molar-refractivity contribution in [3.63, 3.8) is 0 Å². The first-order valence-corrected chi connectivity index (χ1v) is 4.86. The van der Waals surface area contributed by atoms with Crippen molar-refractivity contribution in [2.45, 2.75) is 32.7 Å². The van der Waals surface area contributed by atoms with Crippen molar-refractivity contribution in [1.82, 2.24) is 0 Å². The Bertz CT molecular complexity index is 348. The molecule has 0 atom stereocenters. The van der Waals surface area contributed by atoms with Crippen molar-refractivity contribution in [1.29, 1.82) is 5.26 Å². The SMILES string of the molecule is CCC(C)(C)Nc1ccccc1C#N. The summed E-state index contributed by atoms with van der Waals surface area (Å²) >= 11 is 0. The summed E-state index contributed by atoms with van der Waals surface area (Å²) in [5, 5.41) is 12.3. The van der Waals surface area contributed by atoms with Crippen LogP contribution < -0.4 is 5.32 Å². The van der Waals surface area contributed by atoms with Crippen LogP contribution in [-0.2, 0) is 0 Å². The average Bonchev–Trinajstić information content (AvgIpc) is 2.18. The molecule has 0 fully saturated rings. The summed E-state index contributed by atoms with van der Waals surface area (Å²) in [5.74, 6) is 0. The van der Waals surface area contributed by atoms with Gasteiger partial charge >= 0.3 is 0 Å². The van der Waals surface area contributed by atoms with E-state index in [-0.39, 0.29) is 5.54 Å². The van der Waals surface area contributed by atoms with Gasteiger partial charge in [-0.25, -0.2) is 0 Å². The van der Waals surface area contributed by atoms with Gasteiger partial charge in [0.25, 0.3) is 0 Å². The number of benzene rings is 1. The van der Waals surface area contributed by atoms with Crippen LogP contribution in [0.15, 0.2) is 24.3 Å². The molecule has 0 unspecified atom stereocenters. The Morgan fingerprint density at radius 3 is 2.57 bits per heavy atom. The molecule has 2 heteroatoms. The normalized spacial score (nSPS) is 10.7. The summed E-state index contributed by atoms with van der Waals surface area (Å²) in [7, 11) is 0. The number of rotatable bonds is 3. The molecule has 2 nitrogen and oxygen atoms in total. The largest absolute Gasteiger partial charge is 0.379 e. The smallest absolute Gasteiger partial charge is 0.101 e. The second-order valence-electron chi connectivity index (χ2n) is 4.02. The molecular formula is C12H16N2. The van der Waals surface area contributed by atoms with Crippen LogP contribution in [0.3, 0.4) is 0 Å². The minimum absolute atomic E-state index is 0.0347. The first-order valence-electron chi connectivity index (χ1n) is 4.86. The molecule has 0 bridgehead atoms. The first kappa shape index (κ1) is 10.6. The summed E-state index contributed by atoms with van der Waals surface area (Å²) < 4.78 is 0. The average molecular weight is 188 g/mol. The number of para-hydroxylation sites is 1. The van der Waals surface area contributed by atoms with Crippen LogP contribution in [0, 0.1) is 11.3 Å². The van der Waals surface area contributed by atoms with Crippen LogP contribution in [-0.4, -0.2) is 5.54 Å². The van der Waals surface area contributed by atoms with E-state index in [0.29, 0.717) is 5.56 Å². The van der Waals surface area contributed by atoms with Gasteiger partial charge in [-0.2, -0.15) is 5.26 Å². The van der Waals surface area contributed by atoms with Gasteiger partial charge in [-0.15, -0.1) is 0 Å². The topological polar surface area (TPSA) is 35.8 Å². The molecule has 0 saturated carbocycles. The summed E-state index contributed by atoms with van der Waals surface area (Å²) in [4.78, 5) is 0. The molecular weight excluding hydrogens is 172 g/mol. The lowest BCUT2D eigenvalue weighted by atomic mass is 10.0. The van der Waals surface area contributed by atoms with Crippen molar-refractivity contribution in [2.24, 2.45) is 0 Å². The van der Waals surface area contributed by atoms with Crippen molar-refractivity contribution in [3.8, 4) is 6.07 Å². The Morgan fingerprint density at radius 1 is 1.36 bits per heavy atom. The molecule has 14 heavy (non-hydrogen) atoms. The molecule has 0 aliphatic heterocycles. The van der Waals surface area contributed by atoms with Crippen LogP contribution in [0.5, 0.6) is 0 Å². The Hall–Kier alpha value is -1.49. The van der Waals surface area contributed by atoms with Gasteiger partial charge in [-0.1, -0.05) is 19.1 Å². The number of anilines is 1. The first-order chi connectivity index (χ1) is 6.59. The molecule has 0 saturated heterocycles. The summed E-state index contributed by atoms with van der Waals surface area (Å²) in [5.41, 5.74) is 1.66. The van der Waals surface area contributed by atoms with Gasteiger partial charge in [0.15, 0.2) is 0 Å². The highest BCUT2D eigenvalue weighted by atomic mass is 15.0. The molecule has 0 aromatic heterocycles. The maximum Gasteiger partial charge on any atom is 0.101 e. The predicted molar refractivity (Wildman–Crippen MR) is 59.1 cm³/mol. The van der Waals surface area contributed by atoms with Crippen LogP contribution in [0.4, 0.5) is 5.69 Å². The Kier molecular flexibility index (Phi) is 3.14. The van der Waals surface area contributed by atoms with Crippen molar-refractivity contribution >= 4 is 5.69 Å². The molecule has 74 valence electrons. The molecule has 1 aromatic carbocycles. The van der Waals surface area contributed by atoms with Crippen molar-refractivity contribution < 1.29 is 0 Å². The van der Waals surface area contributed by atoms with Crippen LogP contribution in [0.1, 0.15) is 32.8 Å². The number of hydrogen-bond donors (Lipinski definition) is 1. The van der Waals surface area contributed by atoms with Crippen molar-refractivity contribution in [2.75, 3.05) is 5.32 Å². The van der Waals surface area contributed by atoms with Gasteiger partial charge in [-0.3, -0.25) is 0 Å². The van der Waals surface area contributed by atoms with Crippen LogP contribution in [0.2, 0.25) is 0 Å². The number of nitrogens with zero attached hydrogens (tertiary/aromatic N) is 1. The van der Waals surface area contributed by atoms with E-state index in [1.165, 1.54) is 0 Å². The standard InChI is InChI=1S/C12H16N2/c1-4-12(2,3)14-11-8-6-5-7-10(11)9-13/h5-8,14H,4H2,1-3H3. The van der Waals surface area contributed by atoms with Crippen LogP contribution >= 0.6 is 0 Å². The van der Waals surface area contributed by atoms with Gasteiger partial charge in [0.1, 0.15) is 6.07 Å². The third-order valence-corrected chi connectivity index (χ3v) is 2.40. The monoisotopic (exact) mass is 188 g/mol. The van der Waals surface area contributed by atoms with E-state index in [9.17, 15) is 0 Å². The van der Waals surface area contributed by atoms with Gasteiger partial charge in [0.05, 0.1) is 11.3 Å². The van der Waals surface area contributed by atoms with Gasteiger partial charge in [0.2, 0.25) is 0 Å². The fourth-order valence-electron chi connectivity index (χ4n) is 1.14. The summed E-state index contributed by atoms with van der Waals surface area (Å²) in [6.07, 6.45) is 1.02. The second-order valence-corrected chi connectivity index (χ2v) is 4.02. The molecule has 1 rings (SSSR count). The fraction of sp³-hybridized carbons (Fsp3) is 0.417. The molecule has 0 spiro atoms. The lowest BCUT2D eigenvalue weighted by Gasteiger charge is -2.26. The molecule has 0 radical (unpaired) electrons. The molecule has 0 aliphatic rings. The lowest BCUT2D eigenvalue weighted by molar-refractivity contribution is 0.547. The van der Waals surface area contributed by atoms with E-state index in [2.05, 4.69) is 32.2 Å². The van der Waals surface area contributed by atoms with Gasteiger partial charge < -0.3 is 5.32 Å². The summed E-state index contributed by atoms with van der Waals surface area (Å²) in [6, 6.07) is 9.76. The van der Waals surface area contributed by atoms with E-state index >= 15 is 0 Å². The fourth-order valence-corrected chi connectivity index (χ4v) is 1.14. The third kappa shape index (κ3) is 2.50. The molecule has 0 heterocycles. The predicted octanol–water partition coefficient (Wildman–Crippen LogP) is 3.16. The Morgan fingerprint density at radius 2 is 2.00 bits per heavy atom. The quantitative estimate of drug-likeness (QED) is 0.790. The minimum Gasteiger partial charge on any atom is -0.379 e. The highest BCUT2D eigenvalue weighted by molar-refractivity contribution is 5.58. The molecule has 0 amide bonds. The maximum absolute atomic E-state index is 8.90. The van der Waals surface area contributed by atoms with Crippen molar-refractivity contribution in [3.05, 3.63) is 29.8 Å². The summed E-state index contributed by atoms with van der Waals surface area (Å²) in [6.45, 7) is 6.38. The lowest BCUT2D eigenvalue weighted by Crippen LogP contribution is -2.29. The minimum atomic E-state index is 0.0347. The second kappa shape index (κ2) is 4.15. The highest BCUT2D eigenvalue weighted by Gasteiger charge is 2.15. The molecule has 1 N–H and O–H groups in total. The van der Waals surface area contributed by atoms with Crippen LogP contribution in [0.25, 0.3) is 0 Å². The Balaban J connectivity index is 2.92. The van der Waals surface area contributed by atoms with E-state index in [4.69, 9.17) is 5.26 Å². The van der Waals surface area contributed by atoms with Gasteiger partial charge in [-0.05, 0) is 32.4 Å². The van der Waals surface area contributed by atoms with E-state index < -0.39 is 0 Å². The zero-order chi connectivity index (χ0) is 10.6. The Labute approximate surface area is 85.6 Å². The van der Waals surface area contributed by atoms with E-state index in [1.54, 1.807) is 0 Å². The maximum atomic E-state index is 8.90. The van der Waals surface area contributed by atoms with Gasteiger partial charge in [0, 0.05) is 5.54 Å². The molecule has 1 aromatic rings. The highest BCUT2D eigenvalue weighted by Crippen LogP contribution is 2.20. The zero-order valence-corrected chi connectivity index (χ0v) is 8.96. The number of nitrogens with one attached hydrogen (secondary N) is 1. The number of nitriles is 1. The number of hydrogen-bond acceptors (Lipinski definition) is 2.